The van der Waals surface area contributed by atoms with E-state index in [1.807, 2.05) is 24.3 Å². The molecule has 0 aliphatic rings. The molecule has 27 heavy (non-hydrogen) atoms. The molecule has 0 fully saturated rings. The molecule has 4 aromatic rings. The first-order valence-electron chi connectivity index (χ1n) is 8.97. The minimum atomic E-state index is 0.542. The smallest absolute Gasteiger partial charge is 0.231 e. The van der Waals surface area contributed by atoms with Crippen LogP contribution in [0.4, 0.5) is 0 Å². The van der Waals surface area contributed by atoms with Gasteiger partial charge in [-0.2, -0.15) is 0 Å². The van der Waals surface area contributed by atoms with Crippen LogP contribution >= 0.6 is 11.6 Å². The lowest BCUT2D eigenvalue weighted by Gasteiger charge is -2.13. The fourth-order valence-electron chi connectivity index (χ4n) is 3.08. The SMILES string of the molecule is CN(C)CCCOc1cc2ccccc2cc1-c1nc2cc(Cl)ccc2o1. The zero-order valence-electron chi connectivity index (χ0n) is 15.4. The van der Waals surface area contributed by atoms with E-state index < -0.39 is 0 Å². The van der Waals surface area contributed by atoms with E-state index in [1.54, 1.807) is 6.07 Å². The average molecular weight is 381 g/mol. The van der Waals surface area contributed by atoms with Crippen LogP contribution in [0.5, 0.6) is 5.75 Å². The standard InChI is InChI=1S/C22H21ClN2O2/c1-25(2)10-5-11-26-21-13-16-7-4-3-6-15(16)12-18(21)22-24-19-14-17(23)8-9-20(19)27-22/h3-4,6-9,12-14H,5,10-11H2,1-2H3. The normalized spacial score (nSPS) is 11.6. The second kappa shape index (κ2) is 7.59. The van der Waals surface area contributed by atoms with Crippen molar-refractivity contribution >= 4 is 33.5 Å². The van der Waals surface area contributed by atoms with Gasteiger partial charge in [0.2, 0.25) is 5.89 Å². The van der Waals surface area contributed by atoms with Crippen molar-refractivity contribution in [3.8, 4) is 17.2 Å². The minimum absolute atomic E-state index is 0.542. The summed E-state index contributed by atoms with van der Waals surface area (Å²) in [5, 5.41) is 2.89. The third kappa shape index (κ3) is 3.92. The van der Waals surface area contributed by atoms with Crippen LogP contribution < -0.4 is 4.74 Å². The monoisotopic (exact) mass is 380 g/mol. The molecule has 138 valence electrons. The lowest BCUT2D eigenvalue weighted by molar-refractivity contribution is 0.282. The van der Waals surface area contributed by atoms with Gasteiger partial charge in [0.25, 0.3) is 0 Å². The molecule has 0 radical (unpaired) electrons. The fraction of sp³-hybridized carbons (Fsp3) is 0.227. The molecule has 4 rings (SSSR count). The minimum Gasteiger partial charge on any atom is -0.493 e. The van der Waals surface area contributed by atoms with Gasteiger partial charge < -0.3 is 14.1 Å². The van der Waals surface area contributed by atoms with Crippen molar-refractivity contribution in [1.82, 2.24) is 9.88 Å². The average Bonchev–Trinajstić information content (AvgIpc) is 3.07. The van der Waals surface area contributed by atoms with Crippen LogP contribution in [-0.4, -0.2) is 37.1 Å². The summed E-state index contributed by atoms with van der Waals surface area (Å²) in [5.74, 6) is 1.32. The Balaban J connectivity index is 1.74. The third-order valence-electron chi connectivity index (χ3n) is 4.44. The van der Waals surface area contributed by atoms with Gasteiger partial charge in [-0.15, -0.1) is 0 Å². The Morgan fingerprint density at radius 2 is 1.81 bits per heavy atom. The van der Waals surface area contributed by atoms with Crippen LogP contribution in [0, 0.1) is 0 Å². The number of ether oxygens (including phenoxy) is 1. The number of benzene rings is 3. The molecule has 0 bridgehead atoms. The van der Waals surface area contributed by atoms with E-state index in [4.69, 9.17) is 20.8 Å². The fourth-order valence-corrected chi connectivity index (χ4v) is 3.25. The molecule has 0 atom stereocenters. The van der Waals surface area contributed by atoms with Crippen molar-refractivity contribution in [2.45, 2.75) is 6.42 Å². The van der Waals surface area contributed by atoms with Gasteiger partial charge in [0.1, 0.15) is 11.3 Å². The third-order valence-corrected chi connectivity index (χ3v) is 4.67. The van der Waals surface area contributed by atoms with Gasteiger partial charge in [0.05, 0.1) is 12.2 Å². The van der Waals surface area contributed by atoms with Gasteiger partial charge in [-0.05, 0) is 61.6 Å². The van der Waals surface area contributed by atoms with Crippen LogP contribution in [0.1, 0.15) is 6.42 Å². The van der Waals surface area contributed by atoms with Gasteiger partial charge in [0, 0.05) is 11.6 Å². The molecule has 0 unspecified atom stereocenters. The number of oxazole rings is 1. The Kier molecular flexibility index (Phi) is 5.01. The van der Waals surface area contributed by atoms with Crippen molar-refractivity contribution in [1.29, 1.82) is 0 Å². The Morgan fingerprint density at radius 1 is 1.04 bits per heavy atom. The van der Waals surface area contributed by atoms with Crippen molar-refractivity contribution in [2.75, 3.05) is 27.2 Å². The molecule has 0 spiro atoms. The number of hydrogen-bond acceptors (Lipinski definition) is 4. The maximum Gasteiger partial charge on any atom is 0.231 e. The summed E-state index contributed by atoms with van der Waals surface area (Å²) >= 11 is 6.08. The molecule has 5 heteroatoms. The van der Waals surface area contributed by atoms with Crippen LogP contribution in [-0.2, 0) is 0 Å². The summed E-state index contributed by atoms with van der Waals surface area (Å²) in [7, 11) is 4.12. The van der Waals surface area contributed by atoms with Gasteiger partial charge >= 0.3 is 0 Å². The van der Waals surface area contributed by atoms with Gasteiger partial charge in [-0.3, -0.25) is 0 Å². The van der Waals surface area contributed by atoms with E-state index in [0.29, 0.717) is 23.1 Å². The predicted octanol–water partition coefficient (Wildman–Crippen LogP) is 5.63. The lowest BCUT2D eigenvalue weighted by atomic mass is 10.1. The Morgan fingerprint density at radius 3 is 2.59 bits per heavy atom. The number of nitrogens with zero attached hydrogens (tertiary/aromatic N) is 2. The zero-order chi connectivity index (χ0) is 18.8. The highest BCUT2D eigenvalue weighted by Gasteiger charge is 2.15. The molecule has 0 N–H and O–H groups in total. The second-order valence-corrected chi connectivity index (χ2v) is 7.27. The number of aromatic nitrogens is 1. The Labute approximate surface area is 163 Å². The zero-order valence-corrected chi connectivity index (χ0v) is 16.2. The molecule has 0 aliphatic carbocycles. The number of fused-ring (bicyclic) bond motifs is 2. The Bertz CT molecular complexity index is 1090. The molecular formula is C22H21ClN2O2. The number of rotatable bonds is 6. The highest BCUT2D eigenvalue weighted by molar-refractivity contribution is 6.31. The summed E-state index contributed by atoms with van der Waals surface area (Å²) in [6.45, 7) is 1.61. The Hall–Kier alpha value is -2.56. The van der Waals surface area contributed by atoms with E-state index in [0.717, 1.165) is 40.6 Å². The molecule has 0 amide bonds. The highest BCUT2D eigenvalue weighted by Crippen LogP contribution is 2.36. The summed E-state index contributed by atoms with van der Waals surface area (Å²) < 4.78 is 12.1. The maximum atomic E-state index is 6.12. The second-order valence-electron chi connectivity index (χ2n) is 6.83. The van der Waals surface area contributed by atoms with E-state index >= 15 is 0 Å². The summed E-state index contributed by atoms with van der Waals surface area (Å²) in [4.78, 5) is 6.78. The molecule has 0 aliphatic heterocycles. The number of hydrogen-bond donors (Lipinski definition) is 0. The van der Waals surface area contributed by atoms with Crippen molar-refractivity contribution in [2.24, 2.45) is 0 Å². The summed E-state index contributed by atoms with van der Waals surface area (Å²) in [6, 6.07) is 17.8. The van der Waals surface area contributed by atoms with Gasteiger partial charge in [-0.25, -0.2) is 4.98 Å². The summed E-state index contributed by atoms with van der Waals surface area (Å²) in [5.41, 5.74) is 2.30. The van der Waals surface area contributed by atoms with E-state index in [-0.39, 0.29) is 0 Å². The van der Waals surface area contributed by atoms with Crippen molar-refractivity contribution in [3.05, 3.63) is 59.6 Å². The molecule has 1 heterocycles. The van der Waals surface area contributed by atoms with Crippen LogP contribution in [0.25, 0.3) is 33.3 Å². The van der Waals surface area contributed by atoms with E-state index in [9.17, 15) is 0 Å². The van der Waals surface area contributed by atoms with Crippen LogP contribution in [0.3, 0.4) is 0 Å². The van der Waals surface area contributed by atoms with Crippen molar-refractivity contribution in [3.63, 3.8) is 0 Å². The summed E-state index contributed by atoms with van der Waals surface area (Å²) in [6.07, 6.45) is 0.947. The first-order chi connectivity index (χ1) is 13.1. The molecular weight excluding hydrogens is 360 g/mol. The molecule has 1 aromatic heterocycles. The van der Waals surface area contributed by atoms with Gasteiger partial charge in [0.15, 0.2) is 5.58 Å². The first kappa shape index (κ1) is 17.8. The molecule has 4 nitrogen and oxygen atoms in total. The molecule has 0 saturated heterocycles. The van der Waals surface area contributed by atoms with E-state index in [2.05, 4.69) is 48.2 Å². The molecule has 0 saturated carbocycles. The maximum absolute atomic E-state index is 6.12. The topological polar surface area (TPSA) is 38.5 Å². The largest absolute Gasteiger partial charge is 0.493 e. The van der Waals surface area contributed by atoms with Crippen LogP contribution in [0.2, 0.25) is 5.02 Å². The van der Waals surface area contributed by atoms with Crippen LogP contribution in [0.15, 0.2) is 59.0 Å². The van der Waals surface area contributed by atoms with E-state index in [1.165, 1.54) is 0 Å². The molecule has 3 aromatic carbocycles. The van der Waals surface area contributed by atoms with Crippen molar-refractivity contribution < 1.29 is 9.15 Å². The number of halogens is 1. The predicted molar refractivity (Wildman–Crippen MR) is 111 cm³/mol. The first-order valence-corrected chi connectivity index (χ1v) is 9.35. The highest BCUT2D eigenvalue weighted by atomic mass is 35.5. The van der Waals surface area contributed by atoms with Gasteiger partial charge in [-0.1, -0.05) is 35.9 Å². The lowest BCUT2D eigenvalue weighted by Crippen LogP contribution is -2.15. The quantitative estimate of drug-likeness (QED) is 0.406.